The van der Waals surface area contributed by atoms with E-state index in [1.807, 2.05) is 128 Å². The van der Waals surface area contributed by atoms with Gasteiger partial charge >= 0.3 is 0 Å². The molecule has 7 nitrogen and oxygen atoms in total. The van der Waals surface area contributed by atoms with Gasteiger partial charge in [-0.1, -0.05) is 116 Å². The van der Waals surface area contributed by atoms with Crippen molar-refractivity contribution >= 4 is 0 Å². The number of aryl methyl sites for hydroxylation is 3. The van der Waals surface area contributed by atoms with Crippen LogP contribution in [0, 0.1) is 0 Å². The summed E-state index contributed by atoms with van der Waals surface area (Å²) >= 11 is 0. The third-order valence-electron chi connectivity index (χ3n) is 5.68. The Balaban J connectivity index is -0.000000497. The molecule has 0 unspecified atom stereocenters. The number of hydrogen-bond acceptors (Lipinski definition) is 4. The SMILES string of the molecule is CC.CC.CC.Cn1cccc(C(C)(C)C)c1=O.Cn1cccc(C(C)(C)C)c1=O.Cn1nccc(C(C)(C)C)c1=O. The Labute approximate surface area is 256 Å². The molecule has 7 heteroatoms. The summed E-state index contributed by atoms with van der Waals surface area (Å²) in [6.45, 7) is 30.3. The second kappa shape index (κ2) is 19.8. The Morgan fingerprint density at radius 3 is 1.02 bits per heavy atom. The molecule has 0 atom stereocenters. The van der Waals surface area contributed by atoms with E-state index in [4.69, 9.17) is 0 Å². The van der Waals surface area contributed by atoms with Crippen LogP contribution in [-0.2, 0) is 37.4 Å². The van der Waals surface area contributed by atoms with Crippen molar-refractivity contribution in [2.75, 3.05) is 0 Å². The summed E-state index contributed by atoms with van der Waals surface area (Å²) in [5, 5.41) is 3.86. The molecule has 0 amide bonds. The monoisotopic (exact) mass is 586 g/mol. The van der Waals surface area contributed by atoms with Crippen LogP contribution in [0.3, 0.4) is 0 Å². The van der Waals surface area contributed by atoms with Gasteiger partial charge in [-0.3, -0.25) is 14.4 Å². The zero-order valence-corrected chi connectivity index (χ0v) is 30.1. The standard InChI is InChI=1S/2C10H15NO.C9H14N2O.3C2H6/c2*1-10(2,3)8-6-5-7-11(4)9(8)12;1-9(2,3)7-5-6-10-11(4)8(7)12;3*1-2/h2*5-7H,1-4H3;5-6H,1-4H3;3*1-2H3. The van der Waals surface area contributed by atoms with Crippen LogP contribution in [0.4, 0.5) is 0 Å². The first-order chi connectivity index (χ1) is 19.3. The minimum Gasteiger partial charge on any atom is -0.318 e. The summed E-state index contributed by atoms with van der Waals surface area (Å²) in [7, 11) is 5.22. The first kappa shape index (κ1) is 43.2. The Morgan fingerprint density at radius 1 is 0.500 bits per heavy atom. The van der Waals surface area contributed by atoms with Gasteiger partial charge in [0.25, 0.3) is 16.7 Å². The molecule has 3 aromatic heterocycles. The van der Waals surface area contributed by atoms with Gasteiger partial charge in [-0.2, -0.15) is 5.10 Å². The van der Waals surface area contributed by atoms with E-state index < -0.39 is 0 Å². The van der Waals surface area contributed by atoms with Crippen molar-refractivity contribution in [3.8, 4) is 0 Å². The van der Waals surface area contributed by atoms with Crippen molar-refractivity contribution in [2.45, 2.75) is 120 Å². The molecule has 240 valence electrons. The van der Waals surface area contributed by atoms with Crippen molar-refractivity contribution in [3.05, 3.63) is 96.7 Å². The van der Waals surface area contributed by atoms with E-state index >= 15 is 0 Å². The first-order valence-electron chi connectivity index (χ1n) is 15.1. The van der Waals surface area contributed by atoms with Gasteiger partial charge in [0.05, 0.1) is 0 Å². The molecule has 0 aromatic carbocycles. The second-order valence-electron chi connectivity index (χ2n) is 12.1. The molecule has 0 saturated heterocycles. The van der Waals surface area contributed by atoms with Gasteiger partial charge < -0.3 is 9.13 Å². The summed E-state index contributed by atoms with van der Waals surface area (Å²) in [5.41, 5.74) is 2.52. The van der Waals surface area contributed by atoms with Crippen molar-refractivity contribution in [3.63, 3.8) is 0 Å². The Hall–Kier alpha value is -3.22. The van der Waals surface area contributed by atoms with E-state index in [1.165, 1.54) is 4.68 Å². The zero-order chi connectivity index (χ0) is 34.1. The third kappa shape index (κ3) is 14.6. The maximum atomic E-state index is 11.6. The normalized spacial score (nSPS) is 10.4. The van der Waals surface area contributed by atoms with Gasteiger partial charge in [0, 0.05) is 56.4 Å². The molecule has 0 saturated carbocycles. The van der Waals surface area contributed by atoms with E-state index in [0.717, 1.165) is 16.7 Å². The van der Waals surface area contributed by atoms with Crippen LogP contribution >= 0.6 is 0 Å². The molecule has 0 N–H and O–H groups in total. The van der Waals surface area contributed by atoms with Gasteiger partial charge in [-0.15, -0.1) is 0 Å². The molecule has 3 aromatic rings. The average molecular weight is 587 g/mol. The average Bonchev–Trinajstić information content (AvgIpc) is 2.91. The van der Waals surface area contributed by atoms with E-state index in [2.05, 4.69) is 5.10 Å². The lowest BCUT2D eigenvalue weighted by atomic mass is 9.88. The van der Waals surface area contributed by atoms with Crippen molar-refractivity contribution in [1.29, 1.82) is 0 Å². The molecule has 0 spiro atoms. The van der Waals surface area contributed by atoms with Crippen LogP contribution < -0.4 is 16.7 Å². The minimum atomic E-state index is -0.0994. The van der Waals surface area contributed by atoms with Crippen LogP contribution in [0.25, 0.3) is 0 Å². The fourth-order valence-electron chi connectivity index (χ4n) is 3.41. The quantitative estimate of drug-likeness (QED) is 0.273. The Kier molecular flexibility index (Phi) is 20.4. The maximum absolute atomic E-state index is 11.6. The van der Waals surface area contributed by atoms with Crippen molar-refractivity contribution in [1.82, 2.24) is 18.9 Å². The van der Waals surface area contributed by atoms with E-state index in [-0.39, 0.29) is 32.9 Å². The van der Waals surface area contributed by atoms with Crippen LogP contribution in [0.15, 0.2) is 63.3 Å². The third-order valence-corrected chi connectivity index (χ3v) is 5.68. The molecule has 0 bridgehead atoms. The lowest BCUT2D eigenvalue weighted by Crippen LogP contribution is -2.29. The first-order valence-corrected chi connectivity index (χ1v) is 15.1. The van der Waals surface area contributed by atoms with Crippen molar-refractivity contribution < 1.29 is 0 Å². The summed E-state index contributed by atoms with van der Waals surface area (Å²) in [4.78, 5) is 34.7. The molecular weight excluding hydrogens is 524 g/mol. The molecular formula is C35H62N4O3. The highest BCUT2D eigenvalue weighted by Gasteiger charge is 2.19. The highest BCUT2D eigenvalue weighted by Crippen LogP contribution is 2.18. The highest BCUT2D eigenvalue weighted by molar-refractivity contribution is 5.20. The highest BCUT2D eigenvalue weighted by atomic mass is 16.1. The van der Waals surface area contributed by atoms with Gasteiger partial charge in [0.2, 0.25) is 0 Å². The van der Waals surface area contributed by atoms with Crippen LogP contribution in [-0.4, -0.2) is 18.9 Å². The lowest BCUT2D eigenvalue weighted by Gasteiger charge is -2.18. The summed E-state index contributed by atoms with van der Waals surface area (Å²) in [5.74, 6) is 0. The largest absolute Gasteiger partial charge is 0.318 e. The maximum Gasteiger partial charge on any atom is 0.270 e. The molecule has 42 heavy (non-hydrogen) atoms. The number of rotatable bonds is 0. The molecule has 0 aliphatic heterocycles. The van der Waals surface area contributed by atoms with E-state index in [1.54, 1.807) is 54.9 Å². The summed E-state index contributed by atoms with van der Waals surface area (Å²) in [6.07, 6.45) is 5.21. The zero-order valence-electron chi connectivity index (χ0n) is 30.1. The number of nitrogens with zero attached hydrogens (tertiary/aromatic N) is 4. The summed E-state index contributed by atoms with van der Waals surface area (Å²) < 4.78 is 4.59. The number of pyridine rings is 2. The minimum absolute atomic E-state index is 0.00926. The molecule has 0 aliphatic carbocycles. The second-order valence-corrected chi connectivity index (χ2v) is 12.1. The smallest absolute Gasteiger partial charge is 0.270 e. The van der Waals surface area contributed by atoms with Gasteiger partial charge in [0.15, 0.2) is 0 Å². The predicted octanol–water partition coefficient (Wildman–Crippen LogP) is 7.52. The Morgan fingerprint density at radius 2 is 0.786 bits per heavy atom. The lowest BCUT2D eigenvalue weighted by molar-refractivity contribution is 0.559. The summed E-state index contributed by atoms with van der Waals surface area (Å²) in [6, 6.07) is 9.37. The van der Waals surface area contributed by atoms with Crippen LogP contribution in [0.2, 0.25) is 0 Å². The predicted molar refractivity (Wildman–Crippen MR) is 183 cm³/mol. The van der Waals surface area contributed by atoms with Crippen molar-refractivity contribution in [2.24, 2.45) is 21.1 Å². The molecule has 0 aliphatic rings. The molecule has 0 radical (unpaired) electrons. The van der Waals surface area contributed by atoms with E-state index in [0.29, 0.717) is 0 Å². The molecule has 0 fully saturated rings. The fraction of sp³-hybridized carbons (Fsp3) is 0.600. The Bertz CT molecular complexity index is 1160. The topological polar surface area (TPSA) is 78.9 Å². The van der Waals surface area contributed by atoms with Gasteiger partial charge in [-0.05, 0) is 34.4 Å². The van der Waals surface area contributed by atoms with Crippen LogP contribution in [0.5, 0.6) is 0 Å². The molecule has 3 rings (SSSR count). The van der Waals surface area contributed by atoms with Gasteiger partial charge in [0.1, 0.15) is 0 Å². The van der Waals surface area contributed by atoms with E-state index in [9.17, 15) is 14.4 Å². The van der Waals surface area contributed by atoms with Gasteiger partial charge in [-0.25, -0.2) is 4.68 Å². The van der Waals surface area contributed by atoms with Crippen LogP contribution in [0.1, 0.15) is 121 Å². The fourth-order valence-corrected chi connectivity index (χ4v) is 3.41. The number of aromatic nitrogens is 4. The number of hydrogen-bond donors (Lipinski definition) is 0. The molecule has 3 heterocycles.